The zero-order chi connectivity index (χ0) is 97.8. The van der Waals surface area contributed by atoms with Gasteiger partial charge in [0.05, 0.1) is 213 Å². The third-order valence-corrected chi connectivity index (χ3v) is 42.9. The fourth-order valence-electron chi connectivity index (χ4n) is 36.2. The average molecular weight is 1960 g/mol. The van der Waals surface area contributed by atoms with Crippen LogP contribution in [0.5, 0.6) is 0 Å². The molecule has 42 rings (SSSR count). The molecule has 7 N–H and O–H groups in total. The summed E-state index contributed by atoms with van der Waals surface area (Å²) in [4.78, 5) is 30.5. The number of fused-ring (bicyclic) bond motifs is 42. The molecule has 21 aliphatic carbocycles. The van der Waals surface area contributed by atoms with Gasteiger partial charge in [-0.15, -0.1) is 0 Å². The van der Waals surface area contributed by atoms with E-state index in [9.17, 15) is 35.7 Å². The van der Waals surface area contributed by atoms with Crippen LogP contribution in [0.1, 0.15) is 261 Å². The number of aromatic nitrogens is 14. The van der Waals surface area contributed by atoms with E-state index in [1.807, 2.05) is 87.7 Å². The first kappa shape index (κ1) is 91.9. The van der Waals surface area contributed by atoms with Crippen molar-refractivity contribution in [2.45, 2.75) is 265 Å². The fourth-order valence-corrected chi connectivity index (χ4v) is 36.2. The van der Waals surface area contributed by atoms with Crippen LogP contribution < -0.4 is 0 Å². The van der Waals surface area contributed by atoms with E-state index in [2.05, 4.69) is 237 Å². The molecule has 14 bridgehead atoms. The van der Waals surface area contributed by atoms with Gasteiger partial charge in [0.2, 0.25) is 0 Å². The second kappa shape index (κ2) is 37.1. The maximum absolute atomic E-state index is 10.9. The van der Waals surface area contributed by atoms with Gasteiger partial charge in [-0.05, 0) is 302 Å². The number of hydrogen-bond acceptors (Lipinski definition) is 14. The minimum Gasteiger partial charge on any atom is -0.392 e. The highest BCUT2D eigenvalue weighted by Gasteiger charge is 2.58. The monoisotopic (exact) mass is 1960 g/mol. The van der Waals surface area contributed by atoms with Crippen molar-refractivity contribution >= 4 is 0 Å². The molecule has 28 aliphatic rings. The number of aliphatic hydroxyl groups is 7. The van der Waals surface area contributed by atoms with Gasteiger partial charge in [0, 0.05) is 80.4 Å². The number of imidazole rings is 7. The molecule has 21 heteroatoms. The SMILES string of the molecule is OC1C2CCC(CC2)C1C1c2ccccc2-c2cncn21.O[C@@H]1C2CCC(CC2)[C@@H]1[C@@H]1c2ccccc2-c2cncn21.O[C@@H]1C2CCC(CC2)[C@@H]1[C@H]1c2ccccc2-c2cncn21.O[C@@H]1C2CCC(CC2)[C@H]1[C@@H]1c2ccccc2-c2cncn21.O[C@H]1C2CCC(CC2)[C@@H]1[C@H]1c2ccccc2-c2cncn21.O[C@H]1C2CCC(CC2)[C@H]1[C@@H]1c2ccccc2-c2cncn21.O[C@H]1C2CCC(CC2)[C@H]1[C@H]1c2ccccc2-c2cncn21. The van der Waals surface area contributed by atoms with Gasteiger partial charge in [0.1, 0.15) is 0 Å². The fraction of sp³-hybridized carbons (Fsp3) is 0.500. The highest BCUT2D eigenvalue weighted by molar-refractivity contribution is 5.75. The minimum atomic E-state index is -0.149. The van der Waals surface area contributed by atoms with Crippen molar-refractivity contribution in [3.63, 3.8) is 0 Å². The van der Waals surface area contributed by atoms with Crippen molar-refractivity contribution in [1.29, 1.82) is 0 Å². The second-order valence-corrected chi connectivity index (χ2v) is 48.7. The molecule has 3 unspecified atom stereocenters. The normalized spacial score (nSPS) is 36.5. The molecule has 0 radical (unpaired) electrons. The molecule has 14 aromatic rings. The smallest absolute Gasteiger partial charge is 0.0956 e. The molecule has 0 saturated heterocycles. The van der Waals surface area contributed by atoms with E-state index < -0.39 is 0 Å². The number of benzene rings is 7. The first-order valence-corrected chi connectivity index (χ1v) is 56.9. The van der Waals surface area contributed by atoms with Gasteiger partial charge in [-0.1, -0.05) is 170 Å². The van der Waals surface area contributed by atoms with Crippen LogP contribution in [0.25, 0.3) is 78.8 Å². The van der Waals surface area contributed by atoms with Gasteiger partial charge in [0.25, 0.3) is 0 Å². The summed E-state index contributed by atoms with van der Waals surface area (Å²) in [6, 6.07) is 62.5. The Balaban J connectivity index is 0.0000000810. The first-order chi connectivity index (χ1) is 72.4. The minimum absolute atomic E-state index is 0.149. The lowest BCUT2D eigenvalue weighted by atomic mass is 9.60. The van der Waals surface area contributed by atoms with Crippen molar-refractivity contribution in [2.24, 2.45) is 124 Å². The Labute approximate surface area is 861 Å². The summed E-state index contributed by atoms with van der Waals surface area (Å²) < 4.78 is 16.1. The Morgan fingerprint density at radius 2 is 0.259 bits per heavy atom. The van der Waals surface area contributed by atoms with E-state index in [0.717, 1.165) is 0 Å². The molecular formula is C126H140N14O7. The molecule has 21 atom stereocenters. The van der Waals surface area contributed by atoms with Crippen LogP contribution in [-0.4, -0.2) is 145 Å². The van der Waals surface area contributed by atoms with E-state index in [-0.39, 0.29) is 85.0 Å². The summed E-state index contributed by atoms with van der Waals surface area (Å²) in [5.41, 5.74) is 27.3. The molecule has 21 nitrogen and oxygen atoms in total. The van der Waals surface area contributed by atoms with Gasteiger partial charge in [-0.2, -0.15) is 0 Å². The lowest BCUT2D eigenvalue weighted by Gasteiger charge is -2.49. The standard InChI is InChI=1S/7C18H20N2O/c7*21-18-12-7-5-11(6-8-12)16(18)17-14-4-2-1-3-13(14)15-9-19-10-20(15)17/h7*1-4,9-12,16-18,21H,5-8H2/t2*11?,12?,16-,17+,18-;2*11?,12?,16-,17-,18+;2*11?,12?,16-,17-,18-;/m101010./s1. The molecule has 14 heterocycles. The lowest BCUT2D eigenvalue weighted by Crippen LogP contribution is -2.47. The molecule has 7 aliphatic heterocycles. The zero-order valence-electron chi connectivity index (χ0n) is 84.1. The number of nitrogens with zero attached hydrogens (tertiary/aromatic N) is 14. The van der Waals surface area contributed by atoms with E-state index >= 15 is 0 Å². The predicted octanol–water partition coefficient (Wildman–Crippen LogP) is 22.8. The Morgan fingerprint density at radius 3 is 0.374 bits per heavy atom. The molecule has 7 aromatic heterocycles. The maximum atomic E-state index is 10.9. The summed E-state index contributed by atoms with van der Waals surface area (Å²) in [6.45, 7) is 0. The molecule has 0 spiro atoms. The van der Waals surface area contributed by atoms with Gasteiger partial charge in [-0.3, -0.25) is 0 Å². The van der Waals surface area contributed by atoms with Crippen LogP contribution in [0, 0.1) is 124 Å². The highest BCUT2D eigenvalue weighted by atomic mass is 16.3. The zero-order valence-corrected chi connectivity index (χ0v) is 84.1. The summed E-state index contributed by atoms with van der Waals surface area (Å²) in [6.07, 6.45) is 61.4. The van der Waals surface area contributed by atoms with Crippen molar-refractivity contribution in [2.75, 3.05) is 0 Å². The maximum Gasteiger partial charge on any atom is 0.0956 e. The topological polar surface area (TPSA) is 266 Å². The molecule has 21 fully saturated rings. The van der Waals surface area contributed by atoms with Crippen LogP contribution in [-0.2, 0) is 0 Å². The van der Waals surface area contributed by atoms with Crippen molar-refractivity contribution < 1.29 is 35.7 Å². The first-order valence-electron chi connectivity index (χ1n) is 56.9. The van der Waals surface area contributed by atoms with E-state index in [4.69, 9.17) is 0 Å². The third kappa shape index (κ3) is 14.7. The molecule has 147 heavy (non-hydrogen) atoms. The quantitative estimate of drug-likeness (QED) is 0.0783. The Hall–Kier alpha value is -11.3. The second-order valence-electron chi connectivity index (χ2n) is 48.7. The van der Waals surface area contributed by atoms with Crippen molar-refractivity contribution in [3.8, 4) is 78.8 Å². The van der Waals surface area contributed by atoms with E-state index in [1.54, 1.807) is 0 Å². The summed E-state index contributed by atoms with van der Waals surface area (Å²) in [5.74, 6) is 10.7. The van der Waals surface area contributed by atoms with Gasteiger partial charge in [0.15, 0.2) is 0 Å². The molecule has 756 valence electrons. The Kier molecular flexibility index (Phi) is 23.2. The third-order valence-electron chi connectivity index (χ3n) is 42.9. The highest BCUT2D eigenvalue weighted by Crippen LogP contribution is 2.64. The predicted molar refractivity (Wildman–Crippen MR) is 565 cm³/mol. The molecule has 0 amide bonds. The summed E-state index contributed by atoms with van der Waals surface area (Å²) in [5, 5.41) is 76.1. The van der Waals surface area contributed by atoms with Crippen LogP contribution in [0.2, 0.25) is 0 Å². The average Bonchev–Trinajstić information content (AvgIpc) is 1.72. The molecule has 21 saturated carbocycles. The van der Waals surface area contributed by atoms with Crippen LogP contribution in [0.15, 0.2) is 258 Å². The Bertz CT molecular complexity index is 5950. The number of hydrogen-bond donors (Lipinski definition) is 7. The van der Waals surface area contributed by atoms with Crippen molar-refractivity contribution in [3.05, 3.63) is 296 Å². The van der Waals surface area contributed by atoms with Gasteiger partial charge >= 0.3 is 0 Å². The van der Waals surface area contributed by atoms with E-state index in [1.165, 1.54) is 298 Å². The summed E-state index contributed by atoms with van der Waals surface area (Å²) in [7, 11) is 0. The number of aliphatic hydroxyl groups excluding tert-OH is 7. The lowest BCUT2D eigenvalue weighted by molar-refractivity contribution is -0.0694. The van der Waals surface area contributed by atoms with Crippen molar-refractivity contribution in [1.82, 2.24) is 66.9 Å². The van der Waals surface area contributed by atoms with Crippen LogP contribution in [0.3, 0.4) is 0 Å². The van der Waals surface area contributed by atoms with Crippen LogP contribution >= 0.6 is 0 Å². The van der Waals surface area contributed by atoms with Crippen LogP contribution in [0.4, 0.5) is 0 Å². The largest absolute Gasteiger partial charge is 0.392 e. The Morgan fingerprint density at radius 1 is 0.150 bits per heavy atom. The van der Waals surface area contributed by atoms with E-state index in [0.29, 0.717) is 124 Å². The molecular weight excluding hydrogens is 1820 g/mol. The van der Waals surface area contributed by atoms with Gasteiger partial charge < -0.3 is 67.7 Å². The number of rotatable bonds is 7. The van der Waals surface area contributed by atoms with Gasteiger partial charge in [-0.25, -0.2) is 34.9 Å². The summed E-state index contributed by atoms with van der Waals surface area (Å²) >= 11 is 0. The molecule has 7 aromatic carbocycles.